The lowest BCUT2D eigenvalue weighted by Gasteiger charge is -2.49. The molecule has 0 aromatic rings. The van der Waals surface area contributed by atoms with Crippen molar-refractivity contribution in [3.63, 3.8) is 0 Å². The SMILES string of the molecule is CC(=O)OCC1OC(O)C(O[Si](C)(C)C)C(O[Si](C)(C)C)C1O[Si](C)(C)C. The van der Waals surface area contributed by atoms with E-state index in [1.54, 1.807) is 0 Å². The number of ether oxygens (including phenoxy) is 2. The third kappa shape index (κ3) is 9.31. The first kappa shape index (κ1) is 25.0. The van der Waals surface area contributed by atoms with Crippen LogP contribution in [-0.4, -0.2) is 73.3 Å². The number of esters is 1. The first-order chi connectivity index (χ1) is 12.0. The second-order valence-electron chi connectivity index (χ2n) is 9.95. The number of aliphatic hydroxyl groups is 1. The highest BCUT2D eigenvalue weighted by Gasteiger charge is 2.51. The van der Waals surface area contributed by atoms with Crippen molar-refractivity contribution in [1.29, 1.82) is 0 Å². The fraction of sp³-hybridized carbons (Fsp3) is 0.941. The molecule has 0 saturated carbocycles. The predicted octanol–water partition coefficient (Wildman–Crippen LogP) is 2.93. The predicted molar refractivity (Wildman–Crippen MR) is 112 cm³/mol. The van der Waals surface area contributed by atoms with Gasteiger partial charge in [0.1, 0.15) is 31.0 Å². The third-order valence-electron chi connectivity index (χ3n) is 3.53. The molecule has 27 heavy (non-hydrogen) atoms. The molecule has 1 saturated heterocycles. The molecule has 5 unspecified atom stereocenters. The van der Waals surface area contributed by atoms with Gasteiger partial charge >= 0.3 is 5.97 Å². The van der Waals surface area contributed by atoms with E-state index in [2.05, 4.69) is 58.9 Å². The summed E-state index contributed by atoms with van der Waals surface area (Å²) in [6, 6.07) is 0. The van der Waals surface area contributed by atoms with Crippen LogP contribution in [0, 0.1) is 0 Å². The molecule has 160 valence electrons. The Bertz CT molecular complexity index is 496. The minimum Gasteiger partial charge on any atom is -0.463 e. The summed E-state index contributed by atoms with van der Waals surface area (Å²) < 4.78 is 30.1. The van der Waals surface area contributed by atoms with Crippen molar-refractivity contribution in [1.82, 2.24) is 0 Å². The van der Waals surface area contributed by atoms with E-state index in [1.165, 1.54) is 6.92 Å². The van der Waals surface area contributed by atoms with Crippen molar-refractivity contribution in [2.24, 2.45) is 0 Å². The van der Waals surface area contributed by atoms with Crippen molar-refractivity contribution in [2.45, 2.75) is 96.6 Å². The van der Waals surface area contributed by atoms with Gasteiger partial charge in [0.2, 0.25) is 0 Å². The van der Waals surface area contributed by atoms with Gasteiger partial charge in [-0.25, -0.2) is 0 Å². The lowest BCUT2D eigenvalue weighted by atomic mass is 9.99. The molecule has 1 fully saturated rings. The molecule has 1 rings (SSSR count). The molecule has 0 radical (unpaired) electrons. The van der Waals surface area contributed by atoms with Gasteiger partial charge in [0.25, 0.3) is 0 Å². The minimum absolute atomic E-state index is 0.00671. The standard InChI is InChI=1S/C17H38O7Si3/c1-12(18)20-11-13-14(22-25(2,3)4)15(23-26(5,6)7)16(17(19)21-13)24-27(8,9)10/h13-17,19H,11H2,1-10H3. The summed E-state index contributed by atoms with van der Waals surface area (Å²) in [5.41, 5.74) is 0. The Morgan fingerprint density at radius 3 is 1.63 bits per heavy atom. The van der Waals surface area contributed by atoms with Gasteiger partial charge in [0.15, 0.2) is 31.2 Å². The summed E-state index contributed by atoms with van der Waals surface area (Å²) >= 11 is 0. The zero-order valence-corrected chi connectivity index (χ0v) is 21.5. The lowest BCUT2D eigenvalue weighted by Crippen LogP contribution is -2.65. The summed E-state index contributed by atoms with van der Waals surface area (Å²) in [4.78, 5) is 11.3. The molecule has 1 aliphatic heterocycles. The van der Waals surface area contributed by atoms with Crippen LogP contribution in [0.25, 0.3) is 0 Å². The maximum atomic E-state index is 11.3. The first-order valence-electron chi connectivity index (χ1n) is 9.49. The van der Waals surface area contributed by atoms with Crippen LogP contribution < -0.4 is 0 Å². The molecular weight excluding hydrogens is 400 g/mol. The van der Waals surface area contributed by atoms with Gasteiger partial charge in [-0.05, 0) is 58.9 Å². The van der Waals surface area contributed by atoms with Crippen LogP contribution in [0.4, 0.5) is 0 Å². The lowest BCUT2D eigenvalue weighted by molar-refractivity contribution is -0.276. The third-order valence-corrected chi connectivity index (χ3v) is 6.47. The van der Waals surface area contributed by atoms with Crippen molar-refractivity contribution in [2.75, 3.05) is 6.61 Å². The van der Waals surface area contributed by atoms with E-state index in [0.29, 0.717) is 0 Å². The second-order valence-corrected chi connectivity index (χ2v) is 23.3. The molecule has 1 aliphatic rings. The molecule has 1 heterocycles. The Morgan fingerprint density at radius 1 is 0.815 bits per heavy atom. The smallest absolute Gasteiger partial charge is 0.302 e. The Morgan fingerprint density at radius 2 is 1.22 bits per heavy atom. The Labute approximate surface area is 167 Å². The molecule has 10 heteroatoms. The molecule has 0 aromatic carbocycles. The van der Waals surface area contributed by atoms with Crippen molar-refractivity contribution < 1.29 is 32.7 Å². The number of aliphatic hydroxyl groups excluding tert-OH is 1. The van der Waals surface area contributed by atoms with E-state index in [1.807, 2.05) is 0 Å². The van der Waals surface area contributed by atoms with Gasteiger partial charge in [-0.15, -0.1) is 0 Å². The number of rotatable bonds is 8. The van der Waals surface area contributed by atoms with E-state index in [-0.39, 0.29) is 6.61 Å². The van der Waals surface area contributed by atoms with Gasteiger partial charge in [-0.3, -0.25) is 4.79 Å². The zero-order valence-electron chi connectivity index (χ0n) is 18.5. The summed E-state index contributed by atoms with van der Waals surface area (Å²) in [5.74, 6) is -0.400. The van der Waals surface area contributed by atoms with Crippen molar-refractivity contribution in [3.05, 3.63) is 0 Å². The van der Waals surface area contributed by atoms with Gasteiger partial charge in [-0.2, -0.15) is 0 Å². The molecule has 5 atom stereocenters. The van der Waals surface area contributed by atoms with Crippen LogP contribution in [0.2, 0.25) is 58.9 Å². The highest BCUT2D eigenvalue weighted by Crippen LogP contribution is 2.32. The molecule has 0 spiro atoms. The monoisotopic (exact) mass is 438 g/mol. The number of carbonyl (C=O) groups excluding carboxylic acids is 1. The van der Waals surface area contributed by atoms with Gasteiger partial charge in [0.05, 0.1) is 0 Å². The van der Waals surface area contributed by atoms with Crippen LogP contribution in [-0.2, 0) is 27.5 Å². The molecular formula is C17H38O7Si3. The molecule has 0 amide bonds. The van der Waals surface area contributed by atoms with E-state index < -0.39 is 61.6 Å². The Kier molecular flexibility index (Phi) is 8.47. The quantitative estimate of drug-likeness (QED) is 0.461. The van der Waals surface area contributed by atoms with Gasteiger partial charge in [-0.1, -0.05) is 0 Å². The van der Waals surface area contributed by atoms with Crippen LogP contribution >= 0.6 is 0 Å². The van der Waals surface area contributed by atoms with E-state index in [4.69, 9.17) is 22.8 Å². The summed E-state index contributed by atoms with van der Waals surface area (Å²) in [7, 11) is -5.95. The number of carbonyl (C=O) groups is 1. The van der Waals surface area contributed by atoms with E-state index >= 15 is 0 Å². The van der Waals surface area contributed by atoms with Crippen LogP contribution in [0.5, 0.6) is 0 Å². The normalized spacial score (nSPS) is 30.3. The van der Waals surface area contributed by atoms with Crippen LogP contribution in [0.1, 0.15) is 6.92 Å². The topological polar surface area (TPSA) is 83.5 Å². The second kappa shape index (κ2) is 9.16. The van der Waals surface area contributed by atoms with Crippen LogP contribution in [0.3, 0.4) is 0 Å². The Balaban J connectivity index is 3.25. The highest BCUT2D eigenvalue weighted by atomic mass is 28.4. The van der Waals surface area contributed by atoms with Gasteiger partial charge < -0.3 is 27.9 Å². The number of hydrogen-bond acceptors (Lipinski definition) is 7. The zero-order chi connectivity index (χ0) is 21.2. The van der Waals surface area contributed by atoms with Gasteiger partial charge in [0, 0.05) is 6.92 Å². The molecule has 0 aromatic heterocycles. The number of hydrogen-bond donors (Lipinski definition) is 1. The summed E-state index contributed by atoms with van der Waals surface area (Å²) in [6.45, 7) is 20.1. The summed E-state index contributed by atoms with van der Waals surface area (Å²) in [6.07, 6.45) is -3.39. The van der Waals surface area contributed by atoms with E-state index in [0.717, 1.165) is 0 Å². The minimum atomic E-state index is -1.99. The first-order valence-corrected chi connectivity index (χ1v) is 19.7. The summed E-state index contributed by atoms with van der Waals surface area (Å²) in [5, 5.41) is 10.7. The highest BCUT2D eigenvalue weighted by molar-refractivity contribution is 6.70. The molecule has 1 N–H and O–H groups in total. The molecule has 0 bridgehead atoms. The largest absolute Gasteiger partial charge is 0.463 e. The Hall–Kier alpha value is -0.0794. The van der Waals surface area contributed by atoms with Crippen molar-refractivity contribution in [3.8, 4) is 0 Å². The average molecular weight is 439 g/mol. The maximum absolute atomic E-state index is 11.3. The van der Waals surface area contributed by atoms with E-state index in [9.17, 15) is 9.90 Å². The maximum Gasteiger partial charge on any atom is 0.302 e. The average Bonchev–Trinajstić information content (AvgIpc) is 2.40. The fourth-order valence-electron chi connectivity index (χ4n) is 2.86. The molecule has 0 aliphatic carbocycles. The fourth-order valence-corrected chi connectivity index (χ4v) is 6.11. The van der Waals surface area contributed by atoms with Crippen molar-refractivity contribution >= 4 is 30.9 Å². The van der Waals surface area contributed by atoms with Crippen LogP contribution in [0.15, 0.2) is 0 Å². The molecule has 7 nitrogen and oxygen atoms in total.